The molecule has 1 aliphatic carbocycles. The number of aromatic nitrogens is 2. The minimum Gasteiger partial charge on any atom is -1.00 e. The fourth-order valence-corrected chi connectivity index (χ4v) is 9.09. The molecule has 0 unspecified atom stereocenters. The molecule has 0 spiro atoms. The van der Waals surface area contributed by atoms with Crippen molar-refractivity contribution >= 4 is 11.8 Å². The Balaban J connectivity index is 0.00000507. The number of aryl methyl sites for hydroxylation is 2. The number of rotatable bonds is 10. The molecule has 12 heteroatoms. The van der Waals surface area contributed by atoms with Crippen LogP contribution in [0, 0.1) is 0 Å². The summed E-state index contributed by atoms with van der Waals surface area (Å²) in [7, 11) is 3.91. The minimum absolute atomic E-state index is 0. The molecular weight excluding hydrogens is 1150 g/mol. The number of nitrogens with zero attached hydrogens (tertiary/aromatic N) is 2. The van der Waals surface area contributed by atoms with Gasteiger partial charge in [-0.3, -0.25) is 9.59 Å². The highest BCUT2D eigenvalue weighted by Gasteiger charge is 2.29. The third-order valence-electron chi connectivity index (χ3n) is 13.8. The van der Waals surface area contributed by atoms with Crippen LogP contribution in [0.25, 0.3) is 0 Å². The van der Waals surface area contributed by atoms with Gasteiger partial charge in [0.15, 0.2) is 38.0 Å². The molecule has 0 saturated heterocycles. The Morgan fingerprint density at radius 3 is 0.905 bits per heavy atom. The van der Waals surface area contributed by atoms with Crippen molar-refractivity contribution in [2.45, 2.75) is 144 Å². The largest absolute Gasteiger partial charge is 1.00 e. The van der Waals surface area contributed by atoms with Crippen molar-refractivity contribution in [3.63, 3.8) is 0 Å². The number of carbonyl (C=O) groups is 2. The number of aromatic hydroxyl groups is 2. The van der Waals surface area contributed by atoms with Crippen LogP contribution in [0.5, 0.6) is 23.0 Å². The standard InChI is InChI=1S/C62H76N4O6.2HI/c1-59(2,3)49-27-41-23-45-31-51(61(7,8)9)33-47(57(45)71-37-53(67)63-35-39-15-19-65(13)20-16-39)25-43-29-50(60(4,5)6)30-44(56(43)70)26-48-34-52(62(10,11)12)32-46(24-42(28-49)55(41)69)58(48)72-38-54(68)64-36-40-17-21-66(14)22-18-40;;/h15-22,27-34H,23-26,35-38H2,1-14H3,(H2-2,63,64,67,68,69,70);2*1H. The molecule has 0 radical (unpaired) electrons. The smallest absolute Gasteiger partial charge is 0.258 e. The highest BCUT2D eigenvalue weighted by atomic mass is 127. The van der Waals surface area contributed by atoms with Gasteiger partial charge in [-0.2, -0.15) is 0 Å². The molecule has 74 heavy (non-hydrogen) atoms. The van der Waals surface area contributed by atoms with Gasteiger partial charge >= 0.3 is 0 Å². The molecule has 0 aliphatic heterocycles. The maximum atomic E-state index is 13.7. The maximum Gasteiger partial charge on any atom is 0.258 e. The second kappa shape index (κ2) is 23.8. The summed E-state index contributed by atoms with van der Waals surface area (Å²) < 4.78 is 17.4. The molecule has 6 aromatic rings. The molecule has 8 bridgehead atoms. The van der Waals surface area contributed by atoms with Crippen LogP contribution in [0.3, 0.4) is 0 Å². The first kappa shape index (κ1) is 59.7. The third kappa shape index (κ3) is 15.0. The predicted molar refractivity (Wildman–Crippen MR) is 285 cm³/mol. The summed E-state index contributed by atoms with van der Waals surface area (Å²) >= 11 is 0. The number of halogens is 2. The van der Waals surface area contributed by atoms with Gasteiger partial charge < -0.3 is 78.3 Å². The average Bonchev–Trinajstić information content (AvgIpc) is 3.28. The van der Waals surface area contributed by atoms with Crippen LogP contribution >= 0.6 is 0 Å². The Kier molecular flexibility index (Phi) is 19.2. The Morgan fingerprint density at radius 1 is 0.446 bits per heavy atom. The lowest BCUT2D eigenvalue weighted by atomic mass is 9.79. The van der Waals surface area contributed by atoms with Crippen LogP contribution in [0.2, 0.25) is 0 Å². The van der Waals surface area contributed by atoms with Gasteiger partial charge in [0, 0.05) is 63.0 Å². The summed E-state index contributed by atoms with van der Waals surface area (Å²) in [5.74, 6) is 0.904. The van der Waals surface area contributed by atoms with E-state index in [9.17, 15) is 19.8 Å². The number of nitrogens with one attached hydrogen (secondary N) is 2. The maximum absolute atomic E-state index is 13.7. The molecule has 4 N–H and O–H groups in total. The summed E-state index contributed by atoms with van der Waals surface area (Å²) in [5.41, 5.74) is 11.2. The van der Waals surface area contributed by atoms with Gasteiger partial charge in [-0.1, -0.05) is 132 Å². The third-order valence-corrected chi connectivity index (χ3v) is 13.8. The van der Waals surface area contributed by atoms with Crippen molar-refractivity contribution in [2.75, 3.05) is 13.2 Å². The van der Waals surface area contributed by atoms with Crippen LogP contribution in [0.4, 0.5) is 0 Å². The topological polar surface area (TPSA) is 125 Å². The molecule has 2 amide bonds. The predicted octanol–water partition coefficient (Wildman–Crippen LogP) is 4.01. The summed E-state index contributed by atoms with van der Waals surface area (Å²) in [6, 6.07) is 24.9. The molecule has 7 rings (SSSR count). The zero-order chi connectivity index (χ0) is 52.5. The zero-order valence-corrected chi connectivity index (χ0v) is 50.4. The lowest BCUT2D eigenvalue weighted by molar-refractivity contribution is -0.671. The quantitative estimate of drug-likeness (QED) is 0.121. The molecule has 1 aliphatic rings. The van der Waals surface area contributed by atoms with E-state index < -0.39 is 0 Å². The van der Waals surface area contributed by atoms with Crippen molar-refractivity contribution in [1.29, 1.82) is 0 Å². The first-order valence-electron chi connectivity index (χ1n) is 25.3. The van der Waals surface area contributed by atoms with E-state index >= 15 is 0 Å². The second-order valence-corrected chi connectivity index (χ2v) is 24.1. The van der Waals surface area contributed by atoms with E-state index in [0.29, 0.717) is 50.3 Å². The number of carbonyl (C=O) groups excluding carboxylic acids is 2. The lowest BCUT2D eigenvalue weighted by Crippen LogP contribution is -3.00. The molecule has 2 aromatic heterocycles. The molecule has 10 nitrogen and oxygen atoms in total. The monoisotopic (exact) mass is 1230 g/mol. The number of phenolic OH excluding ortho intramolecular Hbond substituents is 2. The molecule has 2 heterocycles. The molecule has 0 fully saturated rings. The van der Waals surface area contributed by atoms with Gasteiger partial charge in [0.1, 0.15) is 37.1 Å². The fourth-order valence-electron chi connectivity index (χ4n) is 9.09. The highest BCUT2D eigenvalue weighted by Crippen LogP contribution is 2.44. The van der Waals surface area contributed by atoms with Gasteiger partial charge in [0.25, 0.3) is 11.8 Å². The van der Waals surface area contributed by atoms with Gasteiger partial charge in [0.05, 0.1) is 0 Å². The van der Waals surface area contributed by atoms with Crippen LogP contribution in [0.1, 0.15) is 161 Å². The van der Waals surface area contributed by atoms with E-state index in [0.717, 1.165) is 77.9 Å². The summed E-state index contributed by atoms with van der Waals surface area (Å²) in [6.45, 7) is 26.3. The molecular formula is C62H78I2N4O6. The van der Waals surface area contributed by atoms with Crippen molar-refractivity contribution in [2.24, 2.45) is 14.1 Å². The zero-order valence-electron chi connectivity index (χ0n) is 46.1. The van der Waals surface area contributed by atoms with E-state index in [2.05, 4.69) is 142 Å². The fraction of sp³-hybridized carbons (Fsp3) is 0.419. The van der Waals surface area contributed by atoms with Crippen molar-refractivity contribution in [3.05, 3.63) is 175 Å². The van der Waals surface area contributed by atoms with Crippen LogP contribution in [-0.4, -0.2) is 35.2 Å². The molecule has 4 aromatic carbocycles. The highest BCUT2D eigenvalue weighted by molar-refractivity contribution is 5.78. The number of pyridine rings is 2. The Morgan fingerprint density at radius 2 is 0.676 bits per heavy atom. The van der Waals surface area contributed by atoms with E-state index in [4.69, 9.17) is 9.47 Å². The summed E-state index contributed by atoms with van der Waals surface area (Å²) in [4.78, 5) is 27.3. The number of ether oxygens (including phenoxy) is 2. The van der Waals surface area contributed by atoms with Crippen LogP contribution in [0.15, 0.2) is 97.6 Å². The number of amides is 2. The molecule has 0 atom stereocenters. The average molecular weight is 1230 g/mol. The molecule has 396 valence electrons. The van der Waals surface area contributed by atoms with E-state index in [1.54, 1.807) is 0 Å². The van der Waals surface area contributed by atoms with Crippen LogP contribution in [-0.2, 0) is 84.1 Å². The Bertz CT molecular complexity index is 2680. The first-order chi connectivity index (χ1) is 33.6. The Hall–Kier alpha value is -5.22. The second-order valence-electron chi connectivity index (χ2n) is 24.1. The van der Waals surface area contributed by atoms with Gasteiger partial charge in [-0.05, 0) is 99.5 Å². The summed E-state index contributed by atoms with van der Waals surface area (Å²) in [5, 5.41) is 31.4. The number of benzene rings is 4. The normalized spacial score (nSPS) is 12.7. The van der Waals surface area contributed by atoms with Gasteiger partial charge in [-0.15, -0.1) is 0 Å². The number of hydrogen-bond donors (Lipinski definition) is 4. The van der Waals surface area contributed by atoms with Crippen molar-refractivity contribution < 1.29 is 86.4 Å². The molecule has 0 saturated carbocycles. The minimum atomic E-state index is -0.291. The first-order valence-corrected chi connectivity index (χ1v) is 25.3. The SMILES string of the molecule is C[n+]1ccc(CNC(=O)COc2c3cc(C(C)(C)C)cc2Cc2cc(C(C)(C)C)cc(c2O)Cc2cc(C(C)(C)C)cc(c2OCC(=O)NCc2cc[n+](C)cc2)Cc2cc(C(C)(C)C)cc(c2O)C3)cc1.[I-].[I-]. The van der Waals surface area contributed by atoms with Gasteiger partial charge in [-0.25, -0.2) is 9.13 Å². The van der Waals surface area contributed by atoms with Crippen molar-refractivity contribution in [3.8, 4) is 23.0 Å². The number of fused-ring (bicyclic) bond motifs is 8. The van der Waals surface area contributed by atoms with E-state index in [-0.39, 0.29) is 106 Å². The lowest BCUT2D eigenvalue weighted by Gasteiger charge is -2.28. The Labute approximate surface area is 474 Å². The van der Waals surface area contributed by atoms with E-state index in [1.165, 1.54) is 0 Å². The van der Waals surface area contributed by atoms with Crippen LogP contribution < -0.4 is 77.2 Å². The van der Waals surface area contributed by atoms with E-state index in [1.807, 2.05) is 72.3 Å². The van der Waals surface area contributed by atoms with Gasteiger partial charge in [0.2, 0.25) is 0 Å². The number of phenols is 2. The summed E-state index contributed by atoms with van der Waals surface area (Å²) in [6.07, 6.45) is 8.99. The number of hydrogen-bond acceptors (Lipinski definition) is 6. The van der Waals surface area contributed by atoms with Crippen molar-refractivity contribution in [1.82, 2.24) is 10.6 Å².